The fraction of sp³-hybridized carbons (Fsp3) is 0.273. The van der Waals surface area contributed by atoms with Crippen molar-refractivity contribution in [2.75, 3.05) is 23.8 Å². The van der Waals surface area contributed by atoms with Crippen molar-refractivity contribution in [3.63, 3.8) is 0 Å². The van der Waals surface area contributed by atoms with Crippen LogP contribution in [0.3, 0.4) is 0 Å². The molecule has 3 aromatic rings. The summed E-state index contributed by atoms with van der Waals surface area (Å²) >= 11 is 0. The third-order valence-corrected chi connectivity index (χ3v) is 4.24. The molecule has 1 N–H and O–H groups in total. The molecule has 1 amide bonds. The molecule has 3 rings (SSSR count). The molecular weight excluding hydrogens is 366 g/mol. The van der Waals surface area contributed by atoms with Crippen LogP contribution in [0.4, 0.5) is 11.5 Å². The third-order valence-electron chi connectivity index (χ3n) is 4.24. The van der Waals surface area contributed by atoms with E-state index in [9.17, 15) is 4.79 Å². The van der Waals surface area contributed by atoms with E-state index in [0.29, 0.717) is 11.5 Å². The van der Waals surface area contributed by atoms with Gasteiger partial charge in [-0.1, -0.05) is 0 Å². The Morgan fingerprint density at radius 3 is 2.38 bits per heavy atom. The summed E-state index contributed by atoms with van der Waals surface area (Å²) in [4.78, 5) is 18.4. The van der Waals surface area contributed by atoms with Gasteiger partial charge in [0.05, 0.1) is 6.10 Å². The van der Waals surface area contributed by atoms with Crippen molar-refractivity contribution in [1.29, 1.82) is 0 Å². The number of likely N-dealkylation sites (N-methyl/N-ethyl adjacent to an activating group) is 1. The molecule has 150 valence electrons. The Kier molecular flexibility index (Phi) is 6.73. The average Bonchev–Trinajstić information content (AvgIpc) is 2.74. The number of pyridine rings is 1. The van der Waals surface area contributed by atoms with E-state index >= 15 is 0 Å². The normalized spacial score (nSPS) is 10.6. The van der Waals surface area contributed by atoms with Gasteiger partial charge >= 0.3 is 0 Å². The molecule has 0 unspecified atom stereocenters. The van der Waals surface area contributed by atoms with Gasteiger partial charge in [0.1, 0.15) is 5.75 Å². The first kappa shape index (κ1) is 20.3. The van der Waals surface area contributed by atoms with E-state index in [4.69, 9.17) is 4.74 Å². The molecule has 0 aliphatic heterocycles. The van der Waals surface area contributed by atoms with E-state index in [1.807, 2.05) is 50.1 Å². The number of benzene rings is 1. The fourth-order valence-electron chi connectivity index (χ4n) is 2.69. The topological polar surface area (TPSA) is 80.2 Å². The molecule has 1 aromatic carbocycles. The second-order valence-corrected chi connectivity index (χ2v) is 6.95. The molecule has 2 heterocycles. The lowest BCUT2D eigenvalue weighted by atomic mass is 10.2. The number of rotatable bonds is 8. The molecule has 0 bridgehead atoms. The minimum atomic E-state index is -0.305. The van der Waals surface area contributed by atoms with Crippen LogP contribution in [0.1, 0.15) is 29.9 Å². The Morgan fingerprint density at radius 2 is 1.76 bits per heavy atom. The Morgan fingerprint density at radius 1 is 1.03 bits per heavy atom. The quantitative estimate of drug-likeness (QED) is 0.632. The number of hydrogen-bond donors (Lipinski definition) is 1. The number of carbonyl (C=O) groups excluding carboxylic acids is 1. The maximum absolute atomic E-state index is 12.4. The zero-order chi connectivity index (χ0) is 20.6. The van der Waals surface area contributed by atoms with Crippen LogP contribution in [0.25, 0.3) is 0 Å². The molecule has 2 aromatic heterocycles. The van der Waals surface area contributed by atoms with Crippen molar-refractivity contribution in [2.45, 2.75) is 26.4 Å². The minimum Gasteiger partial charge on any atom is -0.491 e. The van der Waals surface area contributed by atoms with Crippen molar-refractivity contribution in [1.82, 2.24) is 15.2 Å². The largest absolute Gasteiger partial charge is 0.491 e. The number of nitrogens with one attached hydrogen (secondary N) is 1. The van der Waals surface area contributed by atoms with Crippen molar-refractivity contribution in [3.05, 3.63) is 72.2 Å². The molecule has 0 atom stereocenters. The number of nitrogens with zero attached hydrogens (tertiary/aromatic N) is 4. The summed E-state index contributed by atoms with van der Waals surface area (Å²) in [7, 11) is 1.95. The maximum atomic E-state index is 12.4. The van der Waals surface area contributed by atoms with Crippen LogP contribution >= 0.6 is 0 Å². The zero-order valence-electron chi connectivity index (χ0n) is 16.9. The molecular formula is C22H25N5O2. The van der Waals surface area contributed by atoms with E-state index < -0.39 is 0 Å². The Balaban J connectivity index is 1.55. The van der Waals surface area contributed by atoms with Gasteiger partial charge in [0.25, 0.3) is 5.91 Å². The SMILES string of the molecule is CC(C)Oc1ccc(NC(=O)c2ccc(N(C)CCc3ccncc3)nn2)cc1. The van der Waals surface area contributed by atoms with Crippen LogP contribution in [0.15, 0.2) is 60.9 Å². The second-order valence-electron chi connectivity index (χ2n) is 6.95. The fourth-order valence-corrected chi connectivity index (χ4v) is 2.69. The summed E-state index contributed by atoms with van der Waals surface area (Å²) in [6.07, 6.45) is 4.55. The molecule has 0 aliphatic rings. The number of carbonyl (C=O) groups is 1. The highest BCUT2D eigenvalue weighted by Crippen LogP contribution is 2.17. The monoisotopic (exact) mass is 391 g/mol. The summed E-state index contributed by atoms with van der Waals surface area (Å²) in [5.74, 6) is 1.17. The smallest absolute Gasteiger partial charge is 0.276 e. The number of ether oxygens (including phenoxy) is 1. The molecule has 0 saturated heterocycles. The van der Waals surface area contributed by atoms with E-state index in [0.717, 1.165) is 18.7 Å². The average molecular weight is 391 g/mol. The van der Waals surface area contributed by atoms with Gasteiger partial charge in [-0.25, -0.2) is 0 Å². The lowest BCUT2D eigenvalue weighted by molar-refractivity contribution is 0.102. The minimum absolute atomic E-state index is 0.104. The molecule has 0 fully saturated rings. The first-order chi connectivity index (χ1) is 14.0. The van der Waals surface area contributed by atoms with Gasteiger partial charge in [0, 0.05) is 31.7 Å². The van der Waals surface area contributed by atoms with Crippen molar-refractivity contribution >= 4 is 17.4 Å². The lowest BCUT2D eigenvalue weighted by Gasteiger charge is -2.17. The third kappa shape index (κ3) is 6.00. The molecule has 0 spiro atoms. The number of aromatic nitrogens is 3. The highest BCUT2D eigenvalue weighted by molar-refractivity contribution is 6.02. The van der Waals surface area contributed by atoms with Gasteiger partial charge in [-0.2, -0.15) is 0 Å². The molecule has 7 heteroatoms. The summed E-state index contributed by atoms with van der Waals surface area (Å²) in [6, 6.07) is 14.7. The summed E-state index contributed by atoms with van der Waals surface area (Å²) in [5.41, 5.74) is 2.14. The molecule has 29 heavy (non-hydrogen) atoms. The highest BCUT2D eigenvalue weighted by Gasteiger charge is 2.11. The van der Waals surface area contributed by atoms with Gasteiger partial charge in [-0.05, 0) is 74.4 Å². The van der Waals surface area contributed by atoms with Crippen LogP contribution < -0.4 is 15.0 Å². The van der Waals surface area contributed by atoms with Gasteiger partial charge in [-0.15, -0.1) is 10.2 Å². The summed E-state index contributed by atoms with van der Waals surface area (Å²) < 4.78 is 5.60. The van der Waals surface area contributed by atoms with Gasteiger partial charge in [0.2, 0.25) is 0 Å². The van der Waals surface area contributed by atoms with E-state index in [2.05, 4.69) is 20.5 Å². The number of hydrogen-bond acceptors (Lipinski definition) is 6. The lowest BCUT2D eigenvalue weighted by Crippen LogP contribution is -2.22. The van der Waals surface area contributed by atoms with Crippen LogP contribution in [0.2, 0.25) is 0 Å². The van der Waals surface area contributed by atoms with Crippen molar-refractivity contribution in [3.8, 4) is 5.75 Å². The van der Waals surface area contributed by atoms with Crippen LogP contribution in [-0.4, -0.2) is 40.8 Å². The first-order valence-electron chi connectivity index (χ1n) is 9.53. The Labute approximate surface area is 170 Å². The summed E-state index contributed by atoms with van der Waals surface area (Å²) in [6.45, 7) is 4.72. The standard InChI is InChI=1S/C22H25N5O2/c1-16(2)29-19-6-4-18(5-7-19)24-22(28)20-8-9-21(26-25-20)27(3)15-12-17-10-13-23-14-11-17/h4-11,13-14,16H,12,15H2,1-3H3,(H,24,28). The van der Waals surface area contributed by atoms with E-state index in [1.165, 1.54) is 5.56 Å². The predicted octanol–water partition coefficient (Wildman–Crippen LogP) is 3.59. The predicted molar refractivity (Wildman–Crippen MR) is 113 cm³/mol. The zero-order valence-corrected chi connectivity index (χ0v) is 16.9. The van der Waals surface area contributed by atoms with Crippen molar-refractivity contribution < 1.29 is 9.53 Å². The molecule has 0 radical (unpaired) electrons. The second kappa shape index (κ2) is 9.64. The molecule has 0 aliphatic carbocycles. The number of amides is 1. The van der Waals surface area contributed by atoms with Crippen LogP contribution in [0.5, 0.6) is 5.75 Å². The highest BCUT2D eigenvalue weighted by atomic mass is 16.5. The maximum Gasteiger partial charge on any atom is 0.276 e. The van der Waals surface area contributed by atoms with E-state index in [-0.39, 0.29) is 17.7 Å². The first-order valence-corrected chi connectivity index (χ1v) is 9.53. The van der Waals surface area contributed by atoms with Gasteiger partial charge in [-0.3, -0.25) is 9.78 Å². The van der Waals surface area contributed by atoms with Crippen LogP contribution in [-0.2, 0) is 6.42 Å². The van der Waals surface area contributed by atoms with Crippen LogP contribution in [0, 0.1) is 0 Å². The molecule has 0 saturated carbocycles. The van der Waals surface area contributed by atoms with Gasteiger partial charge in [0.15, 0.2) is 11.5 Å². The van der Waals surface area contributed by atoms with Crippen molar-refractivity contribution in [2.24, 2.45) is 0 Å². The van der Waals surface area contributed by atoms with Gasteiger partial charge < -0.3 is 15.0 Å². The Hall–Kier alpha value is -3.48. The summed E-state index contributed by atoms with van der Waals surface area (Å²) in [5, 5.41) is 11.1. The van der Waals surface area contributed by atoms with E-state index in [1.54, 1.807) is 36.7 Å². The molecule has 7 nitrogen and oxygen atoms in total. The number of anilines is 2. The Bertz CT molecular complexity index is 912.